The number of rotatable bonds is 10. The molecule has 2 unspecified atom stereocenters. The highest BCUT2D eigenvalue weighted by atomic mass is 35.5. The first kappa shape index (κ1) is 35.7. The minimum atomic E-state index is -4.55. The van der Waals surface area contributed by atoms with E-state index in [1.165, 1.54) is 6.07 Å². The molecule has 2 saturated heterocycles. The van der Waals surface area contributed by atoms with Crippen molar-refractivity contribution in [3.63, 3.8) is 0 Å². The smallest absolute Gasteiger partial charge is 0.419 e. The second kappa shape index (κ2) is 16.6. The Labute approximate surface area is 274 Å². The fourth-order valence-electron chi connectivity index (χ4n) is 5.59. The van der Waals surface area contributed by atoms with Gasteiger partial charge in [0.2, 0.25) is 0 Å². The molecule has 2 aromatic heterocycles. The molecular weight excluding hydrogens is 619 g/mol. The van der Waals surface area contributed by atoms with Crippen LogP contribution in [-0.4, -0.2) is 60.6 Å². The fraction of sp³-hybridized carbons (Fsp3) is 0.529. The summed E-state index contributed by atoms with van der Waals surface area (Å²) in [4.78, 5) is 8.48. The Hall–Kier alpha value is -3.12. The minimum absolute atomic E-state index is 0.000388. The Morgan fingerprint density at radius 2 is 1.50 bits per heavy atom. The van der Waals surface area contributed by atoms with E-state index in [4.69, 9.17) is 31.5 Å². The van der Waals surface area contributed by atoms with Gasteiger partial charge < -0.3 is 30.6 Å². The Kier molecular flexibility index (Phi) is 12.9. The van der Waals surface area contributed by atoms with Crippen molar-refractivity contribution in [2.45, 2.75) is 76.7 Å². The highest BCUT2D eigenvalue weighted by Crippen LogP contribution is 2.39. The molecule has 0 aliphatic carbocycles. The number of alkyl halides is 3. The topological polar surface area (TPSA) is 104 Å². The summed E-state index contributed by atoms with van der Waals surface area (Å²) in [6, 6.07) is 11.7. The van der Waals surface area contributed by atoms with Crippen LogP contribution >= 0.6 is 11.6 Å². The molecule has 252 valence electrons. The summed E-state index contributed by atoms with van der Waals surface area (Å²) in [7, 11) is 0. The number of nitrogens with one attached hydrogen (secondary N) is 2. The second-order valence-corrected chi connectivity index (χ2v) is 13.1. The maximum Gasteiger partial charge on any atom is 0.419 e. The Bertz CT molecular complexity index is 1380. The molecule has 12 heteroatoms. The maximum absolute atomic E-state index is 13.8. The van der Waals surface area contributed by atoms with Crippen molar-refractivity contribution in [1.82, 2.24) is 9.97 Å². The van der Waals surface area contributed by atoms with Gasteiger partial charge in [0.05, 0.1) is 30.9 Å². The lowest BCUT2D eigenvalue weighted by Crippen LogP contribution is -2.43. The van der Waals surface area contributed by atoms with E-state index in [0.717, 1.165) is 57.4 Å². The lowest BCUT2D eigenvalue weighted by atomic mass is 9.93. The van der Waals surface area contributed by atoms with Crippen molar-refractivity contribution >= 4 is 23.2 Å². The summed E-state index contributed by atoms with van der Waals surface area (Å²) in [5.74, 6) is 1.54. The largest absolute Gasteiger partial charge is 0.491 e. The number of anilines is 2. The number of hydrogen-bond acceptors (Lipinski definition) is 8. The van der Waals surface area contributed by atoms with E-state index in [2.05, 4.69) is 20.6 Å². The first-order valence-electron chi connectivity index (χ1n) is 15.8. The van der Waals surface area contributed by atoms with Crippen molar-refractivity contribution in [3.05, 3.63) is 65.4 Å². The van der Waals surface area contributed by atoms with Gasteiger partial charge in [-0.05, 0) is 92.5 Å². The molecule has 0 radical (unpaired) electrons. The van der Waals surface area contributed by atoms with Gasteiger partial charge >= 0.3 is 6.18 Å². The van der Waals surface area contributed by atoms with Crippen LogP contribution < -0.4 is 21.1 Å². The number of aromatic nitrogens is 2. The average Bonchev–Trinajstić information content (AvgIpc) is 3.00. The summed E-state index contributed by atoms with van der Waals surface area (Å²) in [6.07, 6.45) is 3.55. The Morgan fingerprint density at radius 3 is 2.04 bits per heavy atom. The van der Waals surface area contributed by atoms with Crippen molar-refractivity contribution < 1.29 is 27.4 Å². The van der Waals surface area contributed by atoms with Crippen LogP contribution in [0.25, 0.3) is 11.1 Å². The van der Waals surface area contributed by atoms with E-state index in [0.29, 0.717) is 47.0 Å². The summed E-state index contributed by atoms with van der Waals surface area (Å²) in [6.45, 7) is 8.79. The van der Waals surface area contributed by atoms with Crippen LogP contribution in [0.15, 0.2) is 54.9 Å². The third-order valence-corrected chi connectivity index (χ3v) is 7.79. The third kappa shape index (κ3) is 11.6. The molecule has 2 aliphatic rings. The van der Waals surface area contributed by atoms with Crippen molar-refractivity contribution in [2.24, 2.45) is 11.7 Å². The maximum atomic E-state index is 13.8. The van der Waals surface area contributed by atoms with Gasteiger partial charge in [0.25, 0.3) is 0 Å². The highest BCUT2D eigenvalue weighted by Gasteiger charge is 2.35. The monoisotopic (exact) mass is 663 g/mol. The van der Waals surface area contributed by atoms with E-state index in [1.807, 2.05) is 19.9 Å². The van der Waals surface area contributed by atoms with Gasteiger partial charge in [-0.3, -0.25) is 0 Å². The van der Waals surface area contributed by atoms with E-state index >= 15 is 0 Å². The predicted molar refractivity (Wildman–Crippen MR) is 176 cm³/mol. The number of halogens is 4. The quantitative estimate of drug-likeness (QED) is 0.202. The molecule has 5 rings (SSSR count). The molecule has 3 atom stereocenters. The van der Waals surface area contributed by atoms with Gasteiger partial charge in [-0.15, -0.1) is 0 Å². The van der Waals surface area contributed by atoms with Gasteiger partial charge in [-0.1, -0.05) is 31.5 Å². The standard InChI is InChI=1S/C24H32F3N3O2.C10H13ClN2O/c1-16(2)13-23(3,28)15-32-21-7-6-17(11-20(21)24(25,26)27)18-8-9-29-22(12-18)30-19-5-4-10-31-14-19;11-8-3-4-12-10(6-8)13-9-2-1-5-14-7-9/h6-9,11-12,16,19H,4-5,10,13-15,28H2,1-3H3,(H,29,30);3-4,6,9H,1-2,5,7H2,(H,12,13)/t19?,23-;/m0./s1. The zero-order valence-corrected chi connectivity index (χ0v) is 27.5. The van der Waals surface area contributed by atoms with E-state index in [-0.39, 0.29) is 18.4 Å². The normalized spacial score (nSPS) is 19.8. The second-order valence-electron chi connectivity index (χ2n) is 12.7. The SMILES string of the molecule is CC(C)C[C@](C)(N)COc1ccc(-c2ccnc(NC3CCCOC3)c2)cc1C(F)(F)F.Clc1ccnc(NC2CCCOC2)c1. The van der Waals surface area contributed by atoms with Gasteiger partial charge in [0.15, 0.2) is 0 Å². The molecule has 0 saturated carbocycles. The first-order chi connectivity index (χ1) is 21.9. The van der Waals surface area contributed by atoms with Crippen molar-refractivity contribution in [1.29, 1.82) is 0 Å². The van der Waals surface area contributed by atoms with Crippen LogP contribution in [-0.2, 0) is 15.7 Å². The molecule has 0 bridgehead atoms. The Balaban J connectivity index is 0.000000284. The van der Waals surface area contributed by atoms with E-state index in [9.17, 15) is 13.2 Å². The van der Waals surface area contributed by atoms with Gasteiger partial charge in [0.1, 0.15) is 24.0 Å². The number of nitrogens with two attached hydrogens (primary N) is 1. The van der Waals surface area contributed by atoms with Gasteiger partial charge in [0, 0.05) is 36.2 Å². The summed E-state index contributed by atoms with van der Waals surface area (Å²) in [5, 5.41) is 7.31. The average molecular weight is 664 g/mol. The van der Waals surface area contributed by atoms with Gasteiger partial charge in [-0.2, -0.15) is 13.2 Å². The molecule has 1 aromatic carbocycles. The molecule has 8 nitrogen and oxygen atoms in total. The molecule has 2 fully saturated rings. The number of benzene rings is 1. The highest BCUT2D eigenvalue weighted by molar-refractivity contribution is 6.30. The minimum Gasteiger partial charge on any atom is -0.491 e. The molecule has 4 N–H and O–H groups in total. The molecule has 0 spiro atoms. The Morgan fingerprint density at radius 1 is 0.913 bits per heavy atom. The molecule has 0 amide bonds. The molecule has 3 aromatic rings. The lowest BCUT2D eigenvalue weighted by molar-refractivity contribution is -0.139. The first-order valence-corrected chi connectivity index (χ1v) is 16.2. The predicted octanol–water partition coefficient (Wildman–Crippen LogP) is 7.83. The van der Waals surface area contributed by atoms with Crippen LogP contribution in [0.2, 0.25) is 5.02 Å². The van der Waals surface area contributed by atoms with E-state index in [1.54, 1.807) is 43.6 Å². The summed E-state index contributed by atoms with van der Waals surface area (Å²) < 4.78 is 57.8. The number of pyridine rings is 2. The lowest BCUT2D eigenvalue weighted by Gasteiger charge is -2.27. The van der Waals surface area contributed by atoms with E-state index < -0.39 is 17.3 Å². The van der Waals surface area contributed by atoms with Gasteiger partial charge in [-0.25, -0.2) is 9.97 Å². The number of hydrogen-bond donors (Lipinski definition) is 3. The third-order valence-electron chi connectivity index (χ3n) is 7.56. The molecule has 46 heavy (non-hydrogen) atoms. The zero-order valence-electron chi connectivity index (χ0n) is 26.7. The molecular formula is C34H45ClF3N5O3. The van der Waals surface area contributed by atoms with Crippen LogP contribution in [0.4, 0.5) is 24.8 Å². The van der Waals surface area contributed by atoms with Crippen LogP contribution in [0.3, 0.4) is 0 Å². The van der Waals surface area contributed by atoms with Crippen LogP contribution in [0, 0.1) is 5.92 Å². The van der Waals surface area contributed by atoms with Crippen molar-refractivity contribution in [3.8, 4) is 16.9 Å². The van der Waals surface area contributed by atoms with Crippen LogP contribution in [0.5, 0.6) is 5.75 Å². The number of ether oxygens (including phenoxy) is 3. The fourth-order valence-corrected chi connectivity index (χ4v) is 5.75. The summed E-state index contributed by atoms with van der Waals surface area (Å²) in [5.41, 5.74) is 5.75. The molecule has 2 aliphatic heterocycles. The van der Waals surface area contributed by atoms with Crippen molar-refractivity contribution in [2.75, 3.05) is 43.7 Å². The summed E-state index contributed by atoms with van der Waals surface area (Å²) >= 11 is 5.85. The molecule has 4 heterocycles. The zero-order chi connectivity index (χ0) is 33.2. The number of nitrogens with zero attached hydrogens (tertiary/aromatic N) is 2. The van der Waals surface area contributed by atoms with Crippen LogP contribution in [0.1, 0.15) is 58.4 Å².